The highest BCUT2D eigenvalue weighted by Gasteiger charge is 2.07. The van der Waals surface area contributed by atoms with Gasteiger partial charge in [0.25, 0.3) is 0 Å². The molecule has 0 aromatic heterocycles. The molecule has 1 atom stereocenters. The summed E-state index contributed by atoms with van der Waals surface area (Å²) in [5.41, 5.74) is 1.62. The molecular formula is C17H28ClIN4O. The van der Waals surface area contributed by atoms with Crippen LogP contribution < -0.4 is 16.0 Å². The van der Waals surface area contributed by atoms with Crippen LogP contribution in [0.4, 0.5) is 5.69 Å². The summed E-state index contributed by atoms with van der Waals surface area (Å²) in [6, 6.07) is 5.81. The average Bonchev–Trinajstić information content (AvgIpc) is 2.51. The van der Waals surface area contributed by atoms with Crippen molar-refractivity contribution in [3.8, 4) is 0 Å². The lowest BCUT2D eigenvalue weighted by atomic mass is 10.2. The number of amides is 1. The second-order valence-electron chi connectivity index (χ2n) is 5.42. The standard InChI is InChI=1S/C17H27ClN4O.HI/c1-5-12(3)21-17(19-6-2)20-11-10-16(23)22-15-9-7-8-14(18)13(15)4;/h7-9,12H,5-6,10-11H2,1-4H3,(H,22,23)(H2,19,20,21);1H. The van der Waals surface area contributed by atoms with Crippen molar-refractivity contribution in [3.63, 3.8) is 0 Å². The van der Waals surface area contributed by atoms with Gasteiger partial charge < -0.3 is 16.0 Å². The third-order valence-electron chi connectivity index (χ3n) is 3.49. The van der Waals surface area contributed by atoms with E-state index < -0.39 is 0 Å². The Bertz CT molecular complexity index is 551. The van der Waals surface area contributed by atoms with Gasteiger partial charge in [0.05, 0.1) is 6.54 Å². The monoisotopic (exact) mass is 466 g/mol. The van der Waals surface area contributed by atoms with Crippen molar-refractivity contribution in [2.75, 3.05) is 18.4 Å². The number of hydrogen-bond donors (Lipinski definition) is 3. The molecule has 7 heteroatoms. The molecule has 0 spiro atoms. The van der Waals surface area contributed by atoms with Crippen LogP contribution in [0.15, 0.2) is 23.2 Å². The molecule has 136 valence electrons. The first-order chi connectivity index (χ1) is 11.0. The van der Waals surface area contributed by atoms with Crippen LogP contribution in [0.5, 0.6) is 0 Å². The van der Waals surface area contributed by atoms with Crippen LogP contribution in [-0.4, -0.2) is 31.0 Å². The van der Waals surface area contributed by atoms with Crippen molar-refractivity contribution in [1.29, 1.82) is 0 Å². The topological polar surface area (TPSA) is 65.5 Å². The highest BCUT2D eigenvalue weighted by molar-refractivity contribution is 14.0. The summed E-state index contributed by atoms with van der Waals surface area (Å²) in [6.07, 6.45) is 1.34. The maximum absolute atomic E-state index is 12.0. The van der Waals surface area contributed by atoms with E-state index in [0.717, 1.165) is 30.2 Å². The van der Waals surface area contributed by atoms with Crippen LogP contribution in [0.2, 0.25) is 5.02 Å². The van der Waals surface area contributed by atoms with E-state index in [2.05, 4.69) is 34.8 Å². The van der Waals surface area contributed by atoms with Gasteiger partial charge in [-0.3, -0.25) is 9.79 Å². The first kappa shape index (κ1) is 23.0. The zero-order valence-corrected chi connectivity index (χ0v) is 17.9. The van der Waals surface area contributed by atoms with Gasteiger partial charge in [0.1, 0.15) is 0 Å². The molecule has 0 aliphatic rings. The van der Waals surface area contributed by atoms with E-state index in [0.29, 0.717) is 24.0 Å². The minimum atomic E-state index is -0.0708. The number of rotatable bonds is 7. The molecule has 1 aromatic carbocycles. The van der Waals surface area contributed by atoms with Crippen molar-refractivity contribution in [2.24, 2.45) is 4.99 Å². The Morgan fingerprint density at radius 3 is 2.67 bits per heavy atom. The lowest BCUT2D eigenvalue weighted by molar-refractivity contribution is -0.116. The van der Waals surface area contributed by atoms with Crippen molar-refractivity contribution < 1.29 is 4.79 Å². The molecule has 0 heterocycles. The molecule has 24 heavy (non-hydrogen) atoms. The quantitative estimate of drug-likeness (QED) is 0.324. The third kappa shape index (κ3) is 8.19. The SMILES string of the molecule is CCNC(=NCCC(=O)Nc1cccc(Cl)c1C)NC(C)CC.I. The maximum Gasteiger partial charge on any atom is 0.226 e. The number of halogens is 2. The van der Waals surface area contributed by atoms with Gasteiger partial charge >= 0.3 is 0 Å². The molecule has 0 radical (unpaired) electrons. The van der Waals surface area contributed by atoms with Gasteiger partial charge in [0.2, 0.25) is 5.91 Å². The van der Waals surface area contributed by atoms with Gasteiger partial charge in [-0.1, -0.05) is 24.6 Å². The van der Waals surface area contributed by atoms with Crippen LogP contribution in [-0.2, 0) is 4.79 Å². The predicted molar refractivity (Wildman–Crippen MR) is 114 cm³/mol. The number of anilines is 1. The molecule has 0 bridgehead atoms. The van der Waals surface area contributed by atoms with Crippen LogP contribution in [0, 0.1) is 6.92 Å². The van der Waals surface area contributed by atoms with Gasteiger partial charge in [-0.05, 0) is 44.9 Å². The van der Waals surface area contributed by atoms with Crippen molar-refractivity contribution in [1.82, 2.24) is 10.6 Å². The van der Waals surface area contributed by atoms with Crippen molar-refractivity contribution in [2.45, 2.75) is 46.6 Å². The largest absolute Gasteiger partial charge is 0.357 e. The number of carbonyl (C=O) groups is 1. The van der Waals surface area contributed by atoms with E-state index >= 15 is 0 Å². The normalized spacial score (nSPS) is 12.1. The first-order valence-electron chi connectivity index (χ1n) is 8.07. The number of nitrogens with one attached hydrogen (secondary N) is 3. The zero-order valence-electron chi connectivity index (χ0n) is 14.8. The number of carbonyl (C=O) groups excluding carboxylic acids is 1. The molecule has 3 N–H and O–H groups in total. The summed E-state index contributed by atoms with van der Waals surface area (Å²) in [4.78, 5) is 16.5. The van der Waals surface area contributed by atoms with Gasteiger partial charge in [0, 0.05) is 29.7 Å². The molecule has 1 amide bonds. The highest BCUT2D eigenvalue weighted by atomic mass is 127. The van der Waals surface area contributed by atoms with E-state index in [1.54, 1.807) is 6.07 Å². The Labute approximate surface area is 167 Å². The fraction of sp³-hybridized carbons (Fsp3) is 0.529. The number of benzene rings is 1. The Kier molecular flexibility index (Phi) is 11.8. The average molecular weight is 467 g/mol. The van der Waals surface area contributed by atoms with Gasteiger partial charge in [-0.15, -0.1) is 24.0 Å². The van der Waals surface area contributed by atoms with Crippen LogP contribution in [0.25, 0.3) is 0 Å². The molecule has 1 unspecified atom stereocenters. The molecular weight excluding hydrogens is 439 g/mol. The van der Waals surface area contributed by atoms with E-state index in [9.17, 15) is 4.79 Å². The van der Waals surface area contributed by atoms with E-state index in [1.807, 2.05) is 26.0 Å². The summed E-state index contributed by atoms with van der Waals surface area (Å²) >= 11 is 6.05. The van der Waals surface area contributed by atoms with Crippen molar-refractivity contribution in [3.05, 3.63) is 28.8 Å². The Balaban J connectivity index is 0.00000529. The smallest absolute Gasteiger partial charge is 0.226 e. The second-order valence-corrected chi connectivity index (χ2v) is 5.83. The van der Waals surface area contributed by atoms with E-state index in [1.165, 1.54) is 0 Å². The highest BCUT2D eigenvalue weighted by Crippen LogP contribution is 2.22. The summed E-state index contributed by atoms with van der Waals surface area (Å²) in [6.45, 7) is 9.33. The van der Waals surface area contributed by atoms with Crippen LogP contribution in [0.3, 0.4) is 0 Å². The predicted octanol–water partition coefficient (Wildman–Crippen LogP) is 3.95. The molecule has 0 fully saturated rings. The lowest BCUT2D eigenvalue weighted by Gasteiger charge is -2.16. The molecule has 0 saturated carbocycles. The molecule has 1 rings (SSSR count). The summed E-state index contributed by atoms with van der Waals surface area (Å²) < 4.78 is 0. The molecule has 0 aliphatic carbocycles. The first-order valence-corrected chi connectivity index (χ1v) is 8.45. The van der Waals surface area contributed by atoms with Crippen molar-refractivity contribution >= 4 is 53.1 Å². The van der Waals surface area contributed by atoms with Gasteiger partial charge in [0.15, 0.2) is 5.96 Å². The van der Waals surface area contributed by atoms with E-state index in [4.69, 9.17) is 11.6 Å². The number of hydrogen-bond acceptors (Lipinski definition) is 2. The molecule has 1 aromatic rings. The van der Waals surface area contributed by atoms with E-state index in [-0.39, 0.29) is 29.9 Å². The summed E-state index contributed by atoms with van der Waals surface area (Å²) in [7, 11) is 0. The minimum Gasteiger partial charge on any atom is -0.357 e. The zero-order chi connectivity index (χ0) is 17.2. The number of aliphatic imine (C=N–C) groups is 1. The van der Waals surface area contributed by atoms with Gasteiger partial charge in [-0.25, -0.2) is 0 Å². The second kappa shape index (κ2) is 12.4. The molecule has 0 saturated heterocycles. The maximum atomic E-state index is 12.0. The summed E-state index contributed by atoms with van der Waals surface area (Å²) in [5.74, 6) is 0.673. The lowest BCUT2D eigenvalue weighted by Crippen LogP contribution is -2.42. The number of guanidine groups is 1. The minimum absolute atomic E-state index is 0. The molecule has 0 aliphatic heterocycles. The Hall–Kier alpha value is -1.02. The number of nitrogens with zero attached hydrogens (tertiary/aromatic N) is 1. The third-order valence-corrected chi connectivity index (χ3v) is 3.90. The summed E-state index contributed by atoms with van der Waals surface area (Å²) in [5, 5.41) is 10.00. The van der Waals surface area contributed by atoms with Gasteiger partial charge in [-0.2, -0.15) is 0 Å². The Morgan fingerprint density at radius 1 is 1.33 bits per heavy atom. The molecule has 5 nitrogen and oxygen atoms in total. The fourth-order valence-electron chi connectivity index (χ4n) is 1.88. The van der Waals surface area contributed by atoms with Crippen LogP contribution in [0.1, 0.15) is 39.2 Å². The fourth-order valence-corrected chi connectivity index (χ4v) is 2.05. The Morgan fingerprint density at radius 2 is 2.04 bits per heavy atom. The van der Waals surface area contributed by atoms with Crippen LogP contribution >= 0.6 is 35.6 Å².